The number of hydrogen-bond acceptors (Lipinski definition) is 1. The molecule has 0 fully saturated rings. The first-order chi connectivity index (χ1) is 10.4. The zero-order valence-electron chi connectivity index (χ0n) is 14.1. The highest BCUT2D eigenvalue weighted by molar-refractivity contribution is 5.85. The molecule has 2 aromatic rings. The van der Waals surface area contributed by atoms with E-state index < -0.39 is 0 Å². The topological polar surface area (TPSA) is 17.0 Å². The van der Waals surface area contributed by atoms with E-state index in [4.69, 9.17) is 0 Å². The maximum absolute atomic E-state index is 3.25. The maximum Gasteiger partial charge on any atom is 0.0483 e. The van der Waals surface area contributed by atoms with Gasteiger partial charge in [-0.1, -0.05) is 57.6 Å². The van der Waals surface area contributed by atoms with Crippen LogP contribution >= 0.6 is 12.4 Å². The Bertz CT molecular complexity index is 533. The lowest BCUT2D eigenvalue weighted by atomic mass is 10.1. The Morgan fingerprint density at radius 3 is 2.41 bits per heavy atom. The standard InChI is InChI=1S/C19H30N2.ClH/c1-3-4-5-6-7-8-9-14-21-15-13-18-17(16-20-2)11-10-12-19(18)21;/h10-13,15,20H,3-9,14,16H2,1-2H3;1H. The van der Waals surface area contributed by atoms with Gasteiger partial charge in [-0.15, -0.1) is 12.4 Å². The van der Waals surface area contributed by atoms with Crippen LogP contribution in [0.25, 0.3) is 10.9 Å². The predicted octanol–water partition coefficient (Wildman–Crippen LogP) is 5.53. The van der Waals surface area contributed by atoms with Crippen molar-refractivity contribution in [3.63, 3.8) is 0 Å². The number of rotatable bonds is 10. The number of hydrogen-bond donors (Lipinski definition) is 1. The van der Waals surface area contributed by atoms with Crippen molar-refractivity contribution in [2.45, 2.75) is 65.0 Å². The van der Waals surface area contributed by atoms with E-state index in [1.54, 1.807) is 0 Å². The molecule has 1 aromatic heterocycles. The lowest BCUT2D eigenvalue weighted by molar-refractivity contribution is 0.556. The summed E-state index contributed by atoms with van der Waals surface area (Å²) in [6.07, 6.45) is 11.9. The van der Waals surface area contributed by atoms with Gasteiger partial charge in [-0.25, -0.2) is 0 Å². The Balaban J connectivity index is 0.00000242. The molecule has 3 heteroatoms. The number of nitrogens with one attached hydrogen (secondary N) is 1. The summed E-state index contributed by atoms with van der Waals surface area (Å²) in [6, 6.07) is 8.91. The molecule has 22 heavy (non-hydrogen) atoms. The van der Waals surface area contributed by atoms with E-state index in [9.17, 15) is 0 Å². The first kappa shape index (κ1) is 19.1. The molecule has 0 spiro atoms. The van der Waals surface area contributed by atoms with Crippen molar-refractivity contribution in [3.05, 3.63) is 36.0 Å². The Morgan fingerprint density at radius 2 is 1.68 bits per heavy atom. The summed E-state index contributed by atoms with van der Waals surface area (Å²) in [7, 11) is 2.01. The third-order valence-electron chi connectivity index (χ3n) is 4.27. The number of aryl methyl sites for hydroxylation is 1. The van der Waals surface area contributed by atoms with Gasteiger partial charge in [0.2, 0.25) is 0 Å². The number of benzene rings is 1. The van der Waals surface area contributed by atoms with Crippen LogP contribution in [0.5, 0.6) is 0 Å². The van der Waals surface area contributed by atoms with E-state index in [2.05, 4.69) is 47.3 Å². The Labute approximate surface area is 141 Å². The Hall–Kier alpha value is -0.990. The van der Waals surface area contributed by atoms with Crippen LogP contribution in [-0.2, 0) is 13.1 Å². The summed E-state index contributed by atoms with van der Waals surface area (Å²) in [5.74, 6) is 0. The normalized spacial score (nSPS) is 10.8. The van der Waals surface area contributed by atoms with Gasteiger partial charge < -0.3 is 9.88 Å². The highest BCUT2D eigenvalue weighted by atomic mass is 35.5. The van der Waals surface area contributed by atoms with Crippen molar-refractivity contribution in [1.82, 2.24) is 9.88 Å². The predicted molar refractivity (Wildman–Crippen MR) is 99.9 cm³/mol. The van der Waals surface area contributed by atoms with Crippen LogP contribution in [0.1, 0.15) is 57.4 Å². The number of halogens is 1. The van der Waals surface area contributed by atoms with Gasteiger partial charge in [0.1, 0.15) is 0 Å². The van der Waals surface area contributed by atoms with Crippen molar-refractivity contribution >= 4 is 23.3 Å². The minimum atomic E-state index is 0. The molecular weight excluding hydrogens is 292 g/mol. The average molecular weight is 323 g/mol. The summed E-state index contributed by atoms with van der Waals surface area (Å²) in [5, 5.41) is 4.65. The van der Waals surface area contributed by atoms with E-state index in [0.29, 0.717) is 0 Å². The highest BCUT2D eigenvalue weighted by Gasteiger charge is 2.04. The van der Waals surface area contributed by atoms with Crippen molar-refractivity contribution in [3.8, 4) is 0 Å². The van der Waals surface area contributed by atoms with Crippen LogP contribution < -0.4 is 5.32 Å². The molecule has 2 rings (SSSR count). The molecule has 0 saturated carbocycles. The van der Waals surface area contributed by atoms with E-state index >= 15 is 0 Å². The zero-order valence-corrected chi connectivity index (χ0v) is 14.9. The molecular formula is C19H31ClN2. The van der Waals surface area contributed by atoms with Gasteiger partial charge in [-0.05, 0) is 31.2 Å². The second-order valence-electron chi connectivity index (χ2n) is 6.01. The number of fused-ring (bicyclic) bond motifs is 1. The summed E-state index contributed by atoms with van der Waals surface area (Å²) in [5.41, 5.74) is 2.78. The molecule has 2 nitrogen and oxygen atoms in total. The molecule has 0 bridgehead atoms. The summed E-state index contributed by atoms with van der Waals surface area (Å²) in [6.45, 7) is 4.37. The second kappa shape index (κ2) is 10.7. The third-order valence-corrected chi connectivity index (χ3v) is 4.27. The quantitative estimate of drug-likeness (QED) is 0.569. The summed E-state index contributed by atoms with van der Waals surface area (Å²) in [4.78, 5) is 0. The monoisotopic (exact) mass is 322 g/mol. The molecule has 0 aliphatic carbocycles. The van der Waals surface area contributed by atoms with Crippen LogP contribution in [0.15, 0.2) is 30.5 Å². The third kappa shape index (κ3) is 5.33. The van der Waals surface area contributed by atoms with Gasteiger partial charge in [0.25, 0.3) is 0 Å². The number of unbranched alkanes of at least 4 members (excludes halogenated alkanes) is 6. The fourth-order valence-corrected chi connectivity index (χ4v) is 3.07. The highest BCUT2D eigenvalue weighted by Crippen LogP contribution is 2.21. The molecule has 1 heterocycles. The van der Waals surface area contributed by atoms with Gasteiger partial charge in [-0.3, -0.25) is 0 Å². The molecule has 0 amide bonds. The van der Waals surface area contributed by atoms with Crippen molar-refractivity contribution in [2.75, 3.05) is 7.05 Å². The summed E-state index contributed by atoms with van der Waals surface area (Å²) >= 11 is 0. The van der Waals surface area contributed by atoms with Crippen LogP contribution in [0, 0.1) is 0 Å². The van der Waals surface area contributed by atoms with Gasteiger partial charge in [0.05, 0.1) is 0 Å². The minimum absolute atomic E-state index is 0. The van der Waals surface area contributed by atoms with Crippen LogP contribution in [0.4, 0.5) is 0 Å². The van der Waals surface area contributed by atoms with Crippen LogP contribution in [-0.4, -0.2) is 11.6 Å². The van der Waals surface area contributed by atoms with Crippen molar-refractivity contribution in [2.24, 2.45) is 0 Å². The molecule has 1 aromatic carbocycles. The van der Waals surface area contributed by atoms with E-state index in [1.165, 1.54) is 61.4 Å². The maximum atomic E-state index is 3.25. The lowest BCUT2D eigenvalue weighted by Gasteiger charge is -2.07. The number of aromatic nitrogens is 1. The van der Waals surface area contributed by atoms with Gasteiger partial charge in [0.15, 0.2) is 0 Å². The molecule has 124 valence electrons. The fourth-order valence-electron chi connectivity index (χ4n) is 3.07. The molecule has 1 N–H and O–H groups in total. The van der Waals surface area contributed by atoms with Crippen molar-refractivity contribution in [1.29, 1.82) is 0 Å². The van der Waals surface area contributed by atoms with E-state index in [-0.39, 0.29) is 12.4 Å². The molecule has 0 saturated heterocycles. The lowest BCUT2D eigenvalue weighted by Crippen LogP contribution is -2.05. The fraction of sp³-hybridized carbons (Fsp3) is 0.579. The van der Waals surface area contributed by atoms with Crippen LogP contribution in [0.2, 0.25) is 0 Å². The van der Waals surface area contributed by atoms with Gasteiger partial charge >= 0.3 is 0 Å². The molecule has 0 radical (unpaired) electrons. The zero-order chi connectivity index (χ0) is 14.9. The van der Waals surface area contributed by atoms with E-state index in [1.807, 2.05) is 7.05 Å². The largest absolute Gasteiger partial charge is 0.347 e. The molecule has 0 aliphatic rings. The summed E-state index contributed by atoms with van der Waals surface area (Å²) < 4.78 is 2.42. The van der Waals surface area contributed by atoms with Crippen LogP contribution in [0.3, 0.4) is 0 Å². The Kier molecular flexibility index (Phi) is 9.26. The van der Waals surface area contributed by atoms with Crippen molar-refractivity contribution < 1.29 is 0 Å². The molecule has 0 unspecified atom stereocenters. The van der Waals surface area contributed by atoms with Gasteiger partial charge in [-0.2, -0.15) is 0 Å². The Morgan fingerprint density at radius 1 is 0.955 bits per heavy atom. The molecule has 0 atom stereocenters. The smallest absolute Gasteiger partial charge is 0.0483 e. The second-order valence-corrected chi connectivity index (χ2v) is 6.01. The SMILES string of the molecule is CCCCCCCCCn1ccc2c(CNC)cccc21.Cl. The first-order valence-corrected chi connectivity index (χ1v) is 8.58. The van der Waals surface area contributed by atoms with Gasteiger partial charge in [0, 0.05) is 30.2 Å². The first-order valence-electron chi connectivity index (χ1n) is 8.58. The minimum Gasteiger partial charge on any atom is -0.347 e. The van der Waals surface area contributed by atoms with E-state index in [0.717, 1.165) is 13.1 Å². The number of nitrogens with zero attached hydrogens (tertiary/aromatic N) is 1. The average Bonchev–Trinajstić information content (AvgIpc) is 2.91. The molecule has 0 aliphatic heterocycles.